The summed E-state index contributed by atoms with van der Waals surface area (Å²) in [7, 11) is 3.23. The van der Waals surface area contributed by atoms with E-state index in [-0.39, 0.29) is 6.03 Å². The van der Waals surface area contributed by atoms with Crippen molar-refractivity contribution in [3.05, 3.63) is 61.1 Å². The minimum Gasteiger partial charge on any atom is -0.497 e. The number of anilines is 2. The SMILES string of the molecule is COc1ccc(-c2cnc3ncnn3c2N2CCN(C(=O)Nc3ccccc3OC)CC2)cc1. The quantitative estimate of drug-likeness (QED) is 0.490. The topological polar surface area (TPSA) is 97.1 Å². The molecule has 2 amide bonds. The smallest absolute Gasteiger partial charge is 0.322 e. The molecule has 34 heavy (non-hydrogen) atoms. The molecule has 0 saturated carbocycles. The molecule has 1 fully saturated rings. The number of carbonyl (C=O) groups excluding carboxylic acids is 1. The largest absolute Gasteiger partial charge is 0.497 e. The highest BCUT2D eigenvalue weighted by atomic mass is 16.5. The van der Waals surface area contributed by atoms with E-state index in [2.05, 4.69) is 25.3 Å². The van der Waals surface area contributed by atoms with Gasteiger partial charge in [-0.05, 0) is 29.8 Å². The van der Waals surface area contributed by atoms with Crippen LogP contribution >= 0.6 is 0 Å². The van der Waals surface area contributed by atoms with Crippen LogP contribution in [0.4, 0.5) is 16.3 Å². The highest BCUT2D eigenvalue weighted by molar-refractivity contribution is 5.91. The Morgan fingerprint density at radius 1 is 0.941 bits per heavy atom. The van der Waals surface area contributed by atoms with E-state index < -0.39 is 0 Å². The molecule has 10 nitrogen and oxygen atoms in total. The monoisotopic (exact) mass is 459 g/mol. The third kappa shape index (κ3) is 4.05. The van der Waals surface area contributed by atoms with Crippen LogP contribution in [0.5, 0.6) is 11.5 Å². The second-order valence-corrected chi connectivity index (χ2v) is 7.80. The molecular weight excluding hydrogens is 434 g/mol. The summed E-state index contributed by atoms with van der Waals surface area (Å²) in [6, 6.07) is 15.1. The van der Waals surface area contributed by atoms with Crippen LogP contribution in [0.3, 0.4) is 0 Å². The predicted molar refractivity (Wildman–Crippen MR) is 129 cm³/mol. The Morgan fingerprint density at radius 3 is 2.44 bits per heavy atom. The van der Waals surface area contributed by atoms with Crippen molar-refractivity contribution in [2.24, 2.45) is 0 Å². The third-order valence-electron chi connectivity index (χ3n) is 5.90. The number of carbonyl (C=O) groups is 1. The van der Waals surface area contributed by atoms with Crippen molar-refractivity contribution in [2.75, 3.05) is 50.6 Å². The molecule has 10 heteroatoms. The Hall–Kier alpha value is -4.34. The number of methoxy groups -OCH3 is 2. The van der Waals surface area contributed by atoms with Crippen molar-refractivity contribution < 1.29 is 14.3 Å². The fraction of sp³-hybridized carbons (Fsp3) is 0.250. The summed E-state index contributed by atoms with van der Waals surface area (Å²) < 4.78 is 12.4. The minimum absolute atomic E-state index is 0.153. The summed E-state index contributed by atoms with van der Waals surface area (Å²) in [5, 5.41) is 7.37. The number of ether oxygens (including phenoxy) is 2. The number of fused-ring (bicyclic) bond motifs is 1. The van der Waals surface area contributed by atoms with Crippen LogP contribution in [-0.4, -0.2) is 70.9 Å². The maximum absolute atomic E-state index is 12.9. The van der Waals surface area contributed by atoms with Crippen molar-refractivity contribution in [1.82, 2.24) is 24.5 Å². The highest BCUT2D eigenvalue weighted by Crippen LogP contribution is 2.32. The van der Waals surface area contributed by atoms with Gasteiger partial charge in [0.05, 0.1) is 19.9 Å². The van der Waals surface area contributed by atoms with E-state index in [0.717, 1.165) is 22.7 Å². The average molecular weight is 460 g/mol. The number of amides is 2. The first kappa shape index (κ1) is 21.5. The van der Waals surface area contributed by atoms with Gasteiger partial charge in [0.25, 0.3) is 5.78 Å². The maximum Gasteiger partial charge on any atom is 0.322 e. The zero-order valence-electron chi connectivity index (χ0n) is 19.0. The van der Waals surface area contributed by atoms with E-state index in [0.29, 0.717) is 43.4 Å². The number of rotatable bonds is 5. The van der Waals surface area contributed by atoms with E-state index in [1.165, 1.54) is 6.33 Å². The van der Waals surface area contributed by atoms with E-state index in [1.807, 2.05) is 54.7 Å². The molecular formula is C24H25N7O3. The summed E-state index contributed by atoms with van der Waals surface area (Å²) >= 11 is 0. The molecule has 1 aliphatic heterocycles. The first-order chi connectivity index (χ1) is 16.7. The maximum atomic E-state index is 12.9. The van der Waals surface area contributed by atoms with Gasteiger partial charge in [-0.2, -0.15) is 14.6 Å². The van der Waals surface area contributed by atoms with Crippen molar-refractivity contribution in [1.29, 1.82) is 0 Å². The Labute approximate surface area is 196 Å². The molecule has 0 spiro atoms. The molecule has 0 radical (unpaired) electrons. The highest BCUT2D eigenvalue weighted by Gasteiger charge is 2.26. The van der Waals surface area contributed by atoms with Gasteiger partial charge in [0.2, 0.25) is 0 Å². The third-order valence-corrected chi connectivity index (χ3v) is 5.90. The Balaban J connectivity index is 1.37. The van der Waals surface area contributed by atoms with E-state index in [1.54, 1.807) is 23.6 Å². The van der Waals surface area contributed by atoms with E-state index in [9.17, 15) is 4.79 Å². The number of nitrogens with zero attached hydrogens (tertiary/aromatic N) is 6. The van der Waals surface area contributed by atoms with Crippen molar-refractivity contribution in [3.8, 4) is 22.6 Å². The molecule has 0 unspecified atom stereocenters. The van der Waals surface area contributed by atoms with E-state index >= 15 is 0 Å². The molecule has 4 aromatic rings. The number of para-hydroxylation sites is 2. The lowest BCUT2D eigenvalue weighted by atomic mass is 10.1. The van der Waals surface area contributed by atoms with Crippen LogP contribution in [-0.2, 0) is 0 Å². The van der Waals surface area contributed by atoms with Crippen molar-refractivity contribution in [2.45, 2.75) is 0 Å². The molecule has 0 bridgehead atoms. The van der Waals surface area contributed by atoms with Gasteiger partial charge in [0.1, 0.15) is 23.6 Å². The number of nitrogens with one attached hydrogen (secondary N) is 1. The Kier molecular flexibility index (Phi) is 5.86. The molecule has 1 saturated heterocycles. The lowest BCUT2D eigenvalue weighted by Gasteiger charge is -2.36. The molecule has 3 heterocycles. The van der Waals surface area contributed by atoms with Gasteiger partial charge in [0, 0.05) is 37.9 Å². The molecule has 2 aromatic heterocycles. The summed E-state index contributed by atoms with van der Waals surface area (Å²) in [6.07, 6.45) is 3.32. The van der Waals surface area contributed by atoms with Gasteiger partial charge in [0.15, 0.2) is 0 Å². The number of hydrogen-bond acceptors (Lipinski definition) is 7. The summed E-state index contributed by atoms with van der Waals surface area (Å²) in [5.74, 6) is 2.85. The summed E-state index contributed by atoms with van der Waals surface area (Å²) in [4.78, 5) is 25.6. The number of piperazine rings is 1. The molecule has 5 rings (SSSR count). The summed E-state index contributed by atoms with van der Waals surface area (Å²) in [5.41, 5.74) is 2.59. The molecule has 0 aliphatic carbocycles. The zero-order chi connectivity index (χ0) is 23.5. The number of benzene rings is 2. The first-order valence-electron chi connectivity index (χ1n) is 10.9. The van der Waals surface area contributed by atoms with Crippen molar-refractivity contribution in [3.63, 3.8) is 0 Å². The molecule has 0 atom stereocenters. The average Bonchev–Trinajstić information content (AvgIpc) is 3.37. The van der Waals surface area contributed by atoms with E-state index in [4.69, 9.17) is 9.47 Å². The second kappa shape index (κ2) is 9.26. The van der Waals surface area contributed by atoms with Crippen molar-refractivity contribution >= 4 is 23.3 Å². The van der Waals surface area contributed by atoms with Gasteiger partial charge in [-0.15, -0.1) is 0 Å². The van der Waals surface area contributed by atoms with Crippen LogP contribution in [0.25, 0.3) is 16.9 Å². The fourth-order valence-electron chi connectivity index (χ4n) is 4.11. The Bertz CT molecular complexity index is 1300. The van der Waals surface area contributed by atoms with Gasteiger partial charge in [-0.1, -0.05) is 24.3 Å². The summed E-state index contributed by atoms with van der Waals surface area (Å²) in [6.45, 7) is 2.39. The van der Waals surface area contributed by atoms with Gasteiger partial charge in [-0.3, -0.25) is 0 Å². The standard InChI is InChI=1S/C24H25N7O3/c1-33-18-9-7-17(8-10-18)19-15-25-23-26-16-27-31(23)22(19)29-11-13-30(14-12-29)24(32)28-20-5-3-4-6-21(20)34-2/h3-10,15-16H,11-14H2,1-2H3,(H,28,32). The number of hydrogen-bond donors (Lipinski definition) is 1. The molecule has 174 valence electrons. The number of aromatic nitrogens is 4. The van der Waals surface area contributed by atoms with Gasteiger partial charge >= 0.3 is 6.03 Å². The normalized spacial score (nSPS) is 13.7. The number of urea groups is 1. The van der Waals surface area contributed by atoms with Crippen LogP contribution in [0.15, 0.2) is 61.1 Å². The van der Waals surface area contributed by atoms with Gasteiger partial charge < -0.3 is 24.6 Å². The van der Waals surface area contributed by atoms with Crippen LogP contribution in [0.2, 0.25) is 0 Å². The molecule has 1 aliphatic rings. The van der Waals surface area contributed by atoms with Crippen LogP contribution in [0.1, 0.15) is 0 Å². The first-order valence-corrected chi connectivity index (χ1v) is 10.9. The van der Waals surface area contributed by atoms with Gasteiger partial charge in [-0.25, -0.2) is 9.78 Å². The fourth-order valence-corrected chi connectivity index (χ4v) is 4.11. The van der Waals surface area contributed by atoms with Crippen LogP contribution < -0.4 is 19.7 Å². The minimum atomic E-state index is -0.153. The molecule has 2 aromatic carbocycles. The predicted octanol–water partition coefficient (Wildman–Crippen LogP) is 3.16. The molecule has 1 N–H and O–H groups in total. The lowest BCUT2D eigenvalue weighted by Crippen LogP contribution is -2.50. The second-order valence-electron chi connectivity index (χ2n) is 7.80. The zero-order valence-corrected chi connectivity index (χ0v) is 19.0. The Morgan fingerprint density at radius 2 is 1.71 bits per heavy atom. The lowest BCUT2D eigenvalue weighted by molar-refractivity contribution is 0.208. The van der Waals surface area contributed by atoms with Crippen LogP contribution in [0, 0.1) is 0 Å².